The molecule has 0 aliphatic rings. The number of esters is 3. The zero-order chi connectivity index (χ0) is 38.2. The smallest absolute Gasteiger partial charge is 0.416 e. The van der Waals surface area contributed by atoms with E-state index in [1.165, 1.54) is 67.5 Å². The molecule has 0 saturated heterocycles. The van der Waals surface area contributed by atoms with Crippen LogP contribution < -0.4 is 5.32 Å². The number of alkyl halides is 3. The Labute approximate surface area is 298 Å². The summed E-state index contributed by atoms with van der Waals surface area (Å²) in [4.78, 5) is 69.3. The SMILES string of the molecule is CCOC(=O)C(C(=O)OCC)(c1ccccc1)C(OC(C)=O)c1ccc(NC(=O)c2ccccc2-c2ccc(C(F)(F)F)cc2)c(C(=O)N(C)C)c1. The van der Waals surface area contributed by atoms with E-state index in [4.69, 9.17) is 14.2 Å². The molecular formula is C39H37F3N2O8. The van der Waals surface area contributed by atoms with Crippen molar-refractivity contribution < 1.29 is 51.4 Å². The van der Waals surface area contributed by atoms with Gasteiger partial charge in [0.1, 0.15) is 0 Å². The molecule has 4 aromatic rings. The Kier molecular flexibility index (Phi) is 12.2. The number of hydrogen-bond acceptors (Lipinski definition) is 8. The van der Waals surface area contributed by atoms with Crippen LogP contribution in [0.2, 0.25) is 0 Å². The van der Waals surface area contributed by atoms with Gasteiger partial charge >= 0.3 is 24.1 Å². The van der Waals surface area contributed by atoms with Gasteiger partial charge in [0.2, 0.25) is 5.41 Å². The third-order valence-electron chi connectivity index (χ3n) is 8.03. The van der Waals surface area contributed by atoms with Crippen molar-refractivity contribution in [2.75, 3.05) is 32.6 Å². The van der Waals surface area contributed by atoms with E-state index in [9.17, 15) is 37.1 Å². The predicted molar refractivity (Wildman–Crippen MR) is 185 cm³/mol. The van der Waals surface area contributed by atoms with Gasteiger partial charge in [0.05, 0.1) is 30.0 Å². The number of benzene rings is 4. The molecule has 10 nitrogen and oxygen atoms in total. The van der Waals surface area contributed by atoms with E-state index in [2.05, 4.69) is 5.32 Å². The normalized spacial score (nSPS) is 11.9. The zero-order valence-corrected chi connectivity index (χ0v) is 29.1. The van der Waals surface area contributed by atoms with Gasteiger partial charge in [0.15, 0.2) is 6.10 Å². The van der Waals surface area contributed by atoms with Gasteiger partial charge in [-0.3, -0.25) is 24.0 Å². The summed E-state index contributed by atoms with van der Waals surface area (Å²) in [6.07, 6.45) is -6.26. The Bertz CT molecular complexity index is 1930. The van der Waals surface area contributed by atoms with Gasteiger partial charge in [0, 0.05) is 26.6 Å². The van der Waals surface area contributed by atoms with E-state index >= 15 is 0 Å². The number of halogens is 3. The number of amides is 2. The van der Waals surface area contributed by atoms with E-state index < -0.39 is 53.0 Å². The molecule has 52 heavy (non-hydrogen) atoms. The van der Waals surface area contributed by atoms with Gasteiger partial charge < -0.3 is 24.4 Å². The second-order valence-corrected chi connectivity index (χ2v) is 11.7. The molecule has 0 spiro atoms. The maximum absolute atomic E-state index is 14.0. The maximum atomic E-state index is 14.0. The second-order valence-electron chi connectivity index (χ2n) is 11.7. The monoisotopic (exact) mass is 718 g/mol. The number of rotatable bonds is 12. The first-order chi connectivity index (χ1) is 24.7. The number of carbonyl (C=O) groups is 5. The minimum Gasteiger partial charge on any atom is -0.465 e. The predicted octanol–water partition coefficient (Wildman–Crippen LogP) is 6.99. The number of anilines is 1. The van der Waals surface area contributed by atoms with Crippen LogP contribution in [0.4, 0.5) is 18.9 Å². The van der Waals surface area contributed by atoms with Crippen molar-refractivity contribution in [1.82, 2.24) is 4.90 Å². The molecule has 272 valence electrons. The van der Waals surface area contributed by atoms with Gasteiger partial charge in [-0.25, -0.2) is 0 Å². The van der Waals surface area contributed by atoms with E-state index in [0.717, 1.165) is 19.1 Å². The lowest BCUT2D eigenvalue weighted by Crippen LogP contribution is -2.52. The molecule has 0 bridgehead atoms. The summed E-state index contributed by atoms with van der Waals surface area (Å²) in [5.74, 6) is -4.29. The Morgan fingerprint density at radius 3 is 1.85 bits per heavy atom. The summed E-state index contributed by atoms with van der Waals surface area (Å²) in [6, 6.07) is 22.4. The highest BCUT2D eigenvalue weighted by Crippen LogP contribution is 2.44. The highest BCUT2D eigenvalue weighted by molar-refractivity contribution is 6.12. The van der Waals surface area contributed by atoms with Crippen LogP contribution in [0.5, 0.6) is 0 Å². The number of nitrogens with zero attached hydrogens (tertiary/aromatic N) is 1. The summed E-state index contributed by atoms with van der Waals surface area (Å²) in [5.41, 5.74) is -2.44. The summed E-state index contributed by atoms with van der Waals surface area (Å²) < 4.78 is 56.2. The van der Waals surface area contributed by atoms with Crippen LogP contribution in [0, 0.1) is 0 Å². The molecule has 0 aromatic heterocycles. The first-order valence-electron chi connectivity index (χ1n) is 16.2. The molecule has 0 saturated carbocycles. The number of carbonyl (C=O) groups excluding carboxylic acids is 5. The molecule has 0 fully saturated rings. The van der Waals surface area contributed by atoms with Gasteiger partial charge in [-0.05, 0) is 66.4 Å². The van der Waals surface area contributed by atoms with Crippen molar-refractivity contribution in [3.8, 4) is 11.1 Å². The van der Waals surface area contributed by atoms with E-state index in [1.54, 1.807) is 50.2 Å². The van der Waals surface area contributed by atoms with Crippen LogP contribution in [0.25, 0.3) is 11.1 Å². The van der Waals surface area contributed by atoms with Crippen LogP contribution in [-0.4, -0.2) is 61.9 Å². The van der Waals surface area contributed by atoms with Gasteiger partial charge in [-0.1, -0.05) is 66.7 Å². The molecule has 13 heteroatoms. The zero-order valence-electron chi connectivity index (χ0n) is 29.1. The number of nitrogens with one attached hydrogen (secondary N) is 1. The van der Waals surface area contributed by atoms with Gasteiger partial charge in [-0.15, -0.1) is 0 Å². The first-order valence-corrected chi connectivity index (χ1v) is 16.2. The molecule has 4 rings (SSSR count). The Hall–Kier alpha value is -5.98. The average molecular weight is 719 g/mol. The Morgan fingerprint density at radius 1 is 0.731 bits per heavy atom. The van der Waals surface area contributed by atoms with Crippen LogP contribution >= 0.6 is 0 Å². The third kappa shape index (κ3) is 8.14. The standard InChI is InChI=1S/C39H37F3N2O8/c1-6-50-36(48)38(37(49)51-7-2,27-13-9-8-10-14-27)33(52-24(3)45)26-19-22-32(31(23-26)35(47)44(4)5)43-34(46)30-16-12-11-15-29(30)25-17-20-28(21-18-25)39(40,41)42/h8-23,33H,6-7H2,1-5H3,(H,43,46). The van der Waals surface area contributed by atoms with Gasteiger partial charge in [-0.2, -0.15) is 13.2 Å². The molecule has 0 radical (unpaired) electrons. The lowest BCUT2D eigenvalue weighted by molar-refractivity contribution is -0.177. The molecule has 0 heterocycles. The summed E-state index contributed by atoms with van der Waals surface area (Å²) in [7, 11) is 2.94. The molecule has 0 aliphatic heterocycles. The summed E-state index contributed by atoms with van der Waals surface area (Å²) in [6.45, 7) is 3.90. The highest BCUT2D eigenvalue weighted by Gasteiger charge is 2.59. The maximum Gasteiger partial charge on any atom is 0.416 e. The van der Waals surface area contributed by atoms with Crippen molar-refractivity contribution in [3.05, 3.63) is 125 Å². The molecule has 1 atom stereocenters. The minimum atomic E-state index is -4.54. The van der Waals surface area contributed by atoms with Crippen molar-refractivity contribution in [1.29, 1.82) is 0 Å². The molecule has 0 aliphatic carbocycles. The average Bonchev–Trinajstić information content (AvgIpc) is 3.11. The van der Waals surface area contributed by atoms with E-state index in [1.807, 2.05) is 0 Å². The van der Waals surface area contributed by atoms with Crippen molar-refractivity contribution in [2.24, 2.45) is 0 Å². The molecular weight excluding hydrogens is 681 g/mol. The van der Waals surface area contributed by atoms with Crippen LogP contribution in [0.3, 0.4) is 0 Å². The number of ether oxygens (including phenoxy) is 3. The summed E-state index contributed by atoms with van der Waals surface area (Å²) >= 11 is 0. The van der Waals surface area contributed by atoms with Crippen LogP contribution in [0.15, 0.2) is 97.1 Å². The molecule has 1 unspecified atom stereocenters. The largest absolute Gasteiger partial charge is 0.465 e. The Balaban J connectivity index is 1.89. The van der Waals surface area contributed by atoms with E-state index in [0.29, 0.717) is 11.1 Å². The molecule has 4 aromatic carbocycles. The fourth-order valence-corrected chi connectivity index (χ4v) is 5.66. The quantitative estimate of drug-likeness (QED) is 0.0943. The lowest BCUT2D eigenvalue weighted by atomic mass is 9.72. The van der Waals surface area contributed by atoms with Gasteiger partial charge in [0.25, 0.3) is 11.8 Å². The van der Waals surface area contributed by atoms with Crippen LogP contribution in [-0.2, 0) is 40.2 Å². The fraction of sp³-hybridized carbons (Fsp3) is 0.256. The first kappa shape index (κ1) is 38.8. The van der Waals surface area contributed by atoms with Crippen molar-refractivity contribution in [3.63, 3.8) is 0 Å². The molecule has 2 amide bonds. The highest BCUT2D eigenvalue weighted by atomic mass is 19.4. The fourth-order valence-electron chi connectivity index (χ4n) is 5.66. The topological polar surface area (TPSA) is 128 Å². The summed E-state index contributed by atoms with van der Waals surface area (Å²) in [5, 5.41) is 2.71. The van der Waals surface area contributed by atoms with Crippen molar-refractivity contribution >= 4 is 35.4 Å². The third-order valence-corrected chi connectivity index (χ3v) is 8.03. The lowest BCUT2D eigenvalue weighted by Gasteiger charge is -2.36. The van der Waals surface area contributed by atoms with Crippen molar-refractivity contribution in [2.45, 2.75) is 38.5 Å². The van der Waals surface area contributed by atoms with Crippen LogP contribution in [0.1, 0.15) is 64.3 Å². The molecule has 1 N–H and O–H groups in total. The Morgan fingerprint density at radius 2 is 1.31 bits per heavy atom. The second kappa shape index (κ2) is 16.4. The minimum absolute atomic E-state index is 0.00817. The van der Waals surface area contributed by atoms with E-state index in [-0.39, 0.29) is 41.2 Å². The number of hydrogen-bond donors (Lipinski definition) is 1.